The molecule has 2 atom stereocenters. The fourth-order valence-electron chi connectivity index (χ4n) is 1.98. The summed E-state index contributed by atoms with van der Waals surface area (Å²) in [5.74, 6) is 1.27. The van der Waals surface area contributed by atoms with Gasteiger partial charge in [-0.3, -0.25) is 0 Å². The number of piperidine rings is 1. The maximum absolute atomic E-state index is 5.59. The molecule has 0 bridgehead atoms. The van der Waals surface area contributed by atoms with Gasteiger partial charge in [-0.05, 0) is 38.6 Å². The molecule has 0 aromatic rings. The van der Waals surface area contributed by atoms with Gasteiger partial charge in [-0.25, -0.2) is 0 Å². The first-order valence-corrected chi connectivity index (χ1v) is 6.81. The molecule has 0 aliphatic carbocycles. The van der Waals surface area contributed by atoms with Gasteiger partial charge < -0.3 is 10.6 Å². The topological polar surface area (TPSA) is 29.3 Å². The standard InChI is InChI=1S/C11H24N2S/c1-10(9-12)14-8-6-11-5-3-4-7-13(11)2/h10-11H,3-9,12H2,1-2H3. The molecule has 1 saturated heterocycles. The fourth-order valence-corrected chi connectivity index (χ4v) is 2.93. The highest BCUT2D eigenvalue weighted by Gasteiger charge is 2.18. The molecular formula is C11H24N2S. The van der Waals surface area contributed by atoms with Crippen LogP contribution in [0.2, 0.25) is 0 Å². The summed E-state index contributed by atoms with van der Waals surface area (Å²) < 4.78 is 0. The molecule has 0 aromatic heterocycles. The van der Waals surface area contributed by atoms with Crippen molar-refractivity contribution in [3.05, 3.63) is 0 Å². The summed E-state index contributed by atoms with van der Waals surface area (Å²) in [5, 5.41) is 0.629. The Balaban J connectivity index is 2.10. The van der Waals surface area contributed by atoms with E-state index in [9.17, 15) is 0 Å². The number of nitrogens with zero attached hydrogens (tertiary/aromatic N) is 1. The van der Waals surface area contributed by atoms with Crippen LogP contribution in [-0.4, -0.2) is 42.1 Å². The summed E-state index contributed by atoms with van der Waals surface area (Å²) in [5.41, 5.74) is 5.59. The van der Waals surface area contributed by atoms with Gasteiger partial charge in [0, 0.05) is 17.8 Å². The van der Waals surface area contributed by atoms with Crippen molar-refractivity contribution in [1.82, 2.24) is 4.90 Å². The van der Waals surface area contributed by atoms with E-state index in [0.29, 0.717) is 5.25 Å². The summed E-state index contributed by atoms with van der Waals surface area (Å²) in [4.78, 5) is 2.52. The zero-order valence-electron chi connectivity index (χ0n) is 9.54. The molecule has 1 fully saturated rings. The Morgan fingerprint density at radius 3 is 2.93 bits per heavy atom. The van der Waals surface area contributed by atoms with Gasteiger partial charge in [-0.1, -0.05) is 13.3 Å². The van der Waals surface area contributed by atoms with Crippen molar-refractivity contribution in [2.45, 2.75) is 43.9 Å². The van der Waals surface area contributed by atoms with Gasteiger partial charge in [-0.15, -0.1) is 0 Å². The molecule has 0 aromatic carbocycles. The molecule has 1 rings (SSSR count). The minimum absolute atomic E-state index is 0.629. The van der Waals surface area contributed by atoms with Crippen LogP contribution in [0.4, 0.5) is 0 Å². The number of nitrogens with two attached hydrogens (primary N) is 1. The summed E-state index contributed by atoms with van der Waals surface area (Å²) in [6.45, 7) is 4.32. The Hall–Kier alpha value is 0.270. The monoisotopic (exact) mass is 216 g/mol. The third-order valence-electron chi connectivity index (χ3n) is 3.11. The smallest absolute Gasteiger partial charge is 0.0141 e. The minimum Gasteiger partial charge on any atom is -0.329 e. The first kappa shape index (κ1) is 12.3. The molecule has 14 heavy (non-hydrogen) atoms. The average molecular weight is 216 g/mol. The largest absolute Gasteiger partial charge is 0.329 e. The molecule has 3 heteroatoms. The van der Waals surface area contributed by atoms with Crippen LogP contribution in [0.3, 0.4) is 0 Å². The number of likely N-dealkylation sites (tertiary alicyclic amines) is 1. The second-order valence-corrected chi connectivity index (χ2v) is 5.88. The van der Waals surface area contributed by atoms with Gasteiger partial charge in [0.15, 0.2) is 0 Å². The van der Waals surface area contributed by atoms with Crippen LogP contribution >= 0.6 is 11.8 Å². The van der Waals surface area contributed by atoms with Gasteiger partial charge in [0.2, 0.25) is 0 Å². The first-order valence-electron chi connectivity index (χ1n) is 5.76. The van der Waals surface area contributed by atoms with E-state index in [4.69, 9.17) is 5.73 Å². The van der Waals surface area contributed by atoms with E-state index in [1.165, 1.54) is 38.0 Å². The third-order valence-corrected chi connectivity index (χ3v) is 4.34. The Labute approximate surface area is 92.6 Å². The molecule has 84 valence electrons. The van der Waals surface area contributed by atoms with Crippen LogP contribution in [0.1, 0.15) is 32.6 Å². The molecule has 2 unspecified atom stereocenters. The van der Waals surface area contributed by atoms with Crippen molar-refractivity contribution in [3.8, 4) is 0 Å². The van der Waals surface area contributed by atoms with Crippen molar-refractivity contribution in [2.75, 3.05) is 25.9 Å². The molecule has 2 N–H and O–H groups in total. The van der Waals surface area contributed by atoms with Gasteiger partial charge >= 0.3 is 0 Å². The highest BCUT2D eigenvalue weighted by molar-refractivity contribution is 7.99. The van der Waals surface area contributed by atoms with E-state index in [0.717, 1.165) is 12.6 Å². The van der Waals surface area contributed by atoms with Crippen LogP contribution < -0.4 is 5.73 Å². The molecule has 0 radical (unpaired) electrons. The normalized spacial score (nSPS) is 26.4. The SMILES string of the molecule is CC(CN)SCCC1CCCCN1C. The quantitative estimate of drug-likeness (QED) is 0.761. The summed E-state index contributed by atoms with van der Waals surface area (Å²) in [7, 11) is 2.26. The lowest BCUT2D eigenvalue weighted by Gasteiger charge is -2.32. The lowest BCUT2D eigenvalue weighted by molar-refractivity contribution is 0.182. The zero-order valence-corrected chi connectivity index (χ0v) is 10.4. The van der Waals surface area contributed by atoms with Crippen molar-refractivity contribution >= 4 is 11.8 Å². The molecular weight excluding hydrogens is 192 g/mol. The minimum atomic E-state index is 0.629. The van der Waals surface area contributed by atoms with Gasteiger partial charge in [-0.2, -0.15) is 11.8 Å². The van der Waals surface area contributed by atoms with Gasteiger partial charge in [0.1, 0.15) is 0 Å². The predicted molar refractivity (Wildman–Crippen MR) is 65.9 cm³/mol. The van der Waals surface area contributed by atoms with E-state index in [1.807, 2.05) is 11.8 Å². The predicted octanol–water partition coefficient (Wildman–Crippen LogP) is 1.94. The third kappa shape index (κ3) is 4.20. The molecule has 1 aliphatic rings. The van der Waals surface area contributed by atoms with Gasteiger partial charge in [0.25, 0.3) is 0 Å². The van der Waals surface area contributed by atoms with Gasteiger partial charge in [0.05, 0.1) is 0 Å². The van der Waals surface area contributed by atoms with Crippen LogP contribution in [-0.2, 0) is 0 Å². The maximum Gasteiger partial charge on any atom is 0.0141 e. The Kier molecular flexibility index (Phi) is 5.90. The molecule has 1 aliphatic heterocycles. The Morgan fingerprint density at radius 1 is 1.50 bits per heavy atom. The number of hydrogen-bond acceptors (Lipinski definition) is 3. The van der Waals surface area contributed by atoms with E-state index in [1.54, 1.807) is 0 Å². The molecule has 2 nitrogen and oxygen atoms in total. The zero-order chi connectivity index (χ0) is 10.4. The highest BCUT2D eigenvalue weighted by atomic mass is 32.2. The van der Waals surface area contributed by atoms with Crippen molar-refractivity contribution in [2.24, 2.45) is 5.73 Å². The summed E-state index contributed by atoms with van der Waals surface area (Å²) >= 11 is 2.02. The Bertz CT molecular complexity index is 152. The molecule has 0 spiro atoms. The number of rotatable bonds is 5. The fraction of sp³-hybridized carbons (Fsp3) is 1.00. The van der Waals surface area contributed by atoms with Crippen LogP contribution in [0, 0.1) is 0 Å². The number of thioether (sulfide) groups is 1. The number of hydrogen-bond donors (Lipinski definition) is 1. The highest BCUT2D eigenvalue weighted by Crippen LogP contribution is 2.20. The van der Waals surface area contributed by atoms with Crippen molar-refractivity contribution < 1.29 is 0 Å². The second kappa shape index (κ2) is 6.70. The lowest BCUT2D eigenvalue weighted by atomic mass is 10.0. The van der Waals surface area contributed by atoms with Crippen molar-refractivity contribution in [3.63, 3.8) is 0 Å². The molecule has 1 heterocycles. The molecule has 0 saturated carbocycles. The van der Waals surface area contributed by atoms with Crippen LogP contribution in [0.25, 0.3) is 0 Å². The second-order valence-electron chi connectivity index (χ2n) is 4.34. The van der Waals surface area contributed by atoms with E-state index in [-0.39, 0.29) is 0 Å². The first-order chi connectivity index (χ1) is 6.74. The van der Waals surface area contributed by atoms with Crippen LogP contribution in [0.5, 0.6) is 0 Å². The Morgan fingerprint density at radius 2 is 2.29 bits per heavy atom. The van der Waals surface area contributed by atoms with Crippen LogP contribution in [0.15, 0.2) is 0 Å². The van der Waals surface area contributed by atoms with E-state index < -0.39 is 0 Å². The summed E-state index contributed by atoms with van der Waals surface area (Å²) in [6, 6.07) is 0.834. The van der Waals surface area contributed by atoms with E-state index in [2.05, 4.69) is 18.9 Å². The average Bonchev–Trinajstić information content (AvgIpc) is 2.20. The van der Waals surface area contributed by atoms with Crippen molar-refractivity contribution in [1.29, 1.82) is 0 Å². The van der Waals surface area contributed by atoms with E-state index >= 15 is 0 Å². The molecule has 0 amide bonds. The lowest BCUT2D eigenvalue weighted by Crippen LogP contribution is -2.36. The summed E-state index contributed by atoms with van der Waals surface area (Å²) in [6.07, 6.45) is 5.55. The maximum atomic E-state index is 5.59.